The predicted molar refractivity (Wildman–Crippen MR) is 86.5 cm³/mol. The van der Waals surface area contributed by atoms with E-state index in [0.717, 1.165) is 11.0 Å². The van der Waals surface area contributed by atoms with E-state index in [0.29, 0.717) is 10.2 Å². The Morgan fingerprint density at radius 2 is 1.89 bits per heavy atom. The van der Waals surface area contributed by atoms with Gasteiger partial charge in [0.2, 0.25) is 0 Å². The molecule has 1 aromatic carbocycles. The molecular weight excluding hydrogens is 318 g/mol. The molecule has 1 spiro atoms. The first-order valence-electron chi connectivity index (χ1n) is 7.30. The molecule has 0 bridgehead atoms. The number of benzene rings is 1. The minimum Gasteiger partial charge on any atom is -0.329 e. The molecule has 0 aromatic heterocycles. The average Bonchev–Trinajstić information content (AvgIpc) is 2.38. The summed E-state index contributed by atoms with van der Waals surface area (Å²) in [6.07, 6.45) is 9.84. The van der Waals surface area contributed by atoms with E-state index in [1.54, 1.807) is 0 Å². The third-order valence-electron chi connectivity index (χ3n) is 4.81. The Bertz CT molecular complexity index is 446. The first kappa shape index (κ1) is 14.0. The minimum absolute atomic E-state index is 0.304. The number of hydrogen-bond donors (Lipinski definition) is 1. The van der Waals surface area contributed by atoms with Crippen LogP contribution in [-0.4, -0.2) is 11.3 Å². The fourth-order valence-electron chi connectivity index (χ4n) is 4.01. The second-order valence-electron chi connectivity index (χ2n) is 6.36. The zero-order chi connectivity index (χ0) is 13.3. The summed E-state index contributed by atoms with van der Waals surface area (Å²) in [6, 6.07) is 8.63. The molecule has 0 atom stereocenters. The lowest BCUT2D eigenvalue weighted by Gasteiger charge is -2.57. The second-order valence-corrected chi connectivity index (χ2v) is 8.82. The maximum absolute atomic E-state index is 6.11. The molecule has 104 valence electrons. The third kappa shape index (κ3) is 2.88. The lowest BCUT2D eigenvalue weighted by atomic mass is 9.55. The molecule has 2 saturated carbocycles. The van der Waals surface area contributed by atoms with Crippen molar-refractivity contribution >= 4 is 27.7 Å². The van der Waals surface area contributed by atoms with Gasteiger partial charge in [-0.3, -0.25) is 0 Å². The molecule has 0 unspecified atom stereocenters. The van der Waals surface area contributed by atoms with E-state index in [-0.39, 0.29) is 0 Å². The topological polar surface area (TPSA) is 26.0 Å². The number of hydrogen-bond acceptors (Lipinski definition) is 2. The number of thioether (sulfide) groups is 1. The molecule has 19 heavy (non-hydrogen) atoms. The molecule has 0 amide bonds. The van der Waals surface area contributed by atoms with Gasteiger partial charge in [-0.1, -0.05) is 41.3 Å². The molecule has 0 aliphatic heterocycles. The molecule has 2 aliphatic rings. The van der Waals surface area contributed by atoms with Crippen molar-refractivity contribution in [3.63, 3.8) is 0 Å². The first-order chi connectivity index (χ1) is 9.15. The molecule has 1 nitrogen and oxygen atoms in total. The number of rotatable bonds is 3. The maximum atomic E-state index is 6.11. The molecule has 0 heterocycles. The van der Waals surface area contributed by atoms with Crippen LogP contribution in [0, 0.1) is 5.41 Å². The summed E-state index contributed by atoms with van der Waals surface area (Å²) in [5.74, 6) is 0. The van der Waals surface area contributed by atoms with Crippen molar-refractivity contribution < 1.29 is 0 Å². The molecule has 0 radical (unpaired) electrons. The molecule has 2 aliphatic carbocycles. The Kier molecular flexibility index (Phi) is 3.98. The zero-order valence-electron chi connectivity index (χ0n) is 11.3. The highest BCUT2D eigenvalue weighted by Crippen LogP contribution is 2.62. The highest BCUT2D eigenvalue weighted by molar-refractivity contribution is 9.10. The molecule has 3 rings (SSSR count). The van der Waals surface area contributed by atoms with Crippen LogP contribution in [0.1, 0.15) is 44.9 Å². The zero-order valence-corrected chi connectivity index (χ0v) is 13.7. The van der Waals surface area contributed by atoms with Gasteiger partial charge in [0.1, 0.15) is 0 Å². The van der Waals surface area contributed by atoms with Gasteiger partial charge in [0.15, 0.2) is 0 Å². The molecule has 0 saturated heterocycles. The van der Waals surface area contributed by atoms with Gasteiger partial charge in [-0.25, -0.2) is 0 Å². The van der Waals surface area contributed by atoms with Crippen LogP contribution in [0.3, 0.4) is 0 Å². The SMILES string of the molecule is NCC1(Sc2cccc(Br)c2)CC2(CCCCC2)C1. The predicted octanol–water partition coefficient (Wildman–Crippen LogP) is 4.98. The smallest absolute Gasteiger partial charge is 0.0339 e. The van der Waals surface area contributed by atoms with Crippen LogP contribution in [0.5, 0.6) is 0 Å². The Morgan fingerprint density at radius 3 is 2.53 bits per heavy atom. The maximum Gasteiger partial charge on any atom is 0.0339 e. The summed E-state index contributed by atoms with van der Waals surface area (Å²) in [6.45, 7) is 0.811. The number of nitrogens with two attached hydrogens (primary N) is 1. The van der Waals surface area contributed by atoms with Crippen molar-refractivity contribution in [2.75, 3.05) is 6.54 Å². The van der Waals surface area contributed by atoms with Crippen LogP contribution in [0.4, 0.5) is 0 Å². The molecule has 2 fully saturated rings. The van der Waals surface area contributed by atoms with Crippen molar-refractivity contribution in [3.8, 4) is 0 Å². The monoisotopic (exact) mass is 339 g/mol. The van der Waals surface area contributed by atoms with Crippen LogP contribution in [0.2, 0.25) is 0 Å². The van der Waals surface area contributed by atoms with E-state index in [9.17, 15) is 0 Å². The van der Waals surface area contributed by atoms with E-state index in [4.69, 9.17) is 5.73 Å². The van der Waals surface area contributed by atoms with Crippen LogP contribution >= 0.6 is 27.7 Å². The van der Waals surface area contributed by atoms with Gasteiger partial charge in [0.05, 0.1) is 0 Å². The van der Waals surface area contributed by atoms with Gasteiger partial charge in [-0.15, -0.1) is 11.8 Å². The first-order valence-corrected chi connectivity index (χ1v) is 8.91. The fraction of sp³-hybridized carbons (Fsp3) is 0.625. The van der Waals surface area contributed by atoms with Crippen LogP contribution in [0.25, 0.3) is 0 Å². The lowest BCUT2D eigenvalue weighted by Crippen LogP contribution is -2.54. The van der Waals surface area contributed by atoms with Gasteiger partial charge >= 0.3 is 0 Å². The van der Waals surface area contributed by atoms with Gasteiger partial charge in [0, 0.05) is 20.7 Å². The Balaban J connectivity index is 1.69. The van der Waals surface area contributed by atoms with E-state index in [1.165, 1.54) is 49.8 Å². The van der Waals surface area contributed by atoms with Crippen molar-refractivity contribution in [2.24, 2.45) is 11.1 Å². The quantitative estimate of drug-likeness (QED) is 0.839. The van der Waals surface area contributed by atoms with Gasteiger partial charge in [-0.05, 0) is 49.3 Å². The summed E-state index contributed by atoms with van der Waals surface area (Å²) in [4.78, 5) is 1.35. The van der Waals surface area contributed by atoms with E-state index in [2.05, 4.69) is 40.2 Å². The molecule has 2 N–H and O–H groups in total. The van der Waals surface area contributed by atoms with E-state index in [1.807, 2.05) is 11.8 Å². The molecule has 3 heteroatoms. The standard InChI is InChI=1S/C16H22BrNS/c17-13-5-4-6-14(9-13)19-16(12-18)10-15(11-16)7-2-1-3-8-15/h4-6,9H,1-3,7-8,10-12,18H2. The van der Waals surface area contributed by atoms with Crippen LogP contribution in [-0.2, 0) is 0 Å². The van der Waals surface area contributed by atoms with Crippen molar-refractivity contribution in [2.45, 2.75) is 54.6 Å². The van der Waals surface area contributed by atoms with E-state index < -0.39 is 0 Å². The van der Waals surface area contributed by atoms with Gasteiger partial charge in [0.25, 0.3) is 0 Å². The Labute approximate surface area is 128 Å². The summed E-state index contributed by atoms with van der Waals surface area (Å²) < 4.78 is 1.47. The Hall–Kier alpha value is 0.01000. The van der Waals surface area contributed by atoms with Crippen molar-refractivity contribution in [3.05, 3.63) is 28.7 Å². The number of halogens is 1. The summed E-state index contributed by atoms with van der Waals surface area (Å²) in [7, 11) is 0. The average molecular weight is 340 g/mol. The summed E-state index contributed by atoms with van der Waals surface area (Å²) in [5.41, 5.74) is 6.76. The second kappa shape index (κ2) is 5.42. The highest BCUT2D eigenvalue weighted by atomic mass is 79.9. The van der Waals surface area contributed by atoms with Gasteiger partial charge in [-0.2, -0.15) is 0 Å². The Morgan fingerprint density at radius 1 is 1.16 bits per heavy atom. The van der Waals surface area contributed by atoms with E-state index >= 15 is 0 Å². The molecule has 1 aromatic rings. The van der Waals surface area contributed by atoms with Crippen LogP contribution in [0.15, 0.2) is 33.6 Å². The molecular formula is C16H22BrNS. The van der Waals surface area contributed by atoms with Crippen LogP contribution < -0.4 is 5.73 Å². The minimum atomic E-state index is 0.304. The normalized spacial score (nSPS) is 24.1. The fourth-order valence-corrected chi connectivity index (χ4v) is 6.23. The lowest BCUT2D eigenvalue weighted by molar-refractivity contribution is 0.0402. The van der Waals surface area contributed by atoms with Crippen molar-refractivity contribution in [1.29, 1.82) is 0 Å². The highest BCUT2D eigenvalue weighted by Gasteiger charge is 2.53. The van der Waals surface area contributed by atoms with Gasteiger partial charge < -0.3 is 5.73 Å². The van der Waals surface area contributed by atoms with Crippen molar-refractivity contribution in [1.82, 2.24) is 0 Å². The summed E-state index contributed by atoms with van der Waals surface area (Å²) in [5, 5.41) is 0. The third-order valence-corrected chi connectivity index (χ3v) is 6.68. The largest absolute Gasteiger partial charge is 0.329 e. The summed E-state index contributed by atoms with van der Waals surface area (Å²) >= 11 is 5.56.